The van der Waals surface area contributed by atoms with E-state index in [4.69, 9.17) is 0 Å². The molecular formula is C48H51Cl2F3Zr-2. The maximum absolute atomic E-state index is 12.6. The van der Waals surface area contributed by atoms with Gasteiger partial charge < -0.3 is 31.2 Å². The van der Waals surface area contributed by atoms with Gasteiger partial charge in [0.1, 0.15) is 0 Å². The van der Waals surface area contributed by atoms with Crippen molar-refractivity contribution in [3.05, 3.63) is 174 Å². The molecule has 0 N–H and O–H groups in total. The molecule has 2 aromatic carbocycles. The zero-order chi connectivity index (χ0) is 37.8. The topological polar surface area (TPSA) is 0 Å². The third-order valence-corrected chi connectivity index (χ3v) is 16.6. The molecule has 2 aromatic rings. The maximum atomic E-state index is 12.6. The summed E-state index contributed by atoms with van der Waals surface area (Å²) < 4.78 is 38.8. The van der Waals surface area contributed by atoms with E-state index in [2.05, 4.69) is 141 Å². The van der Waals surface area contributed by atoms with Gasteiger partial charge in [-0.3, -0.25) is 6.08 Å². The standard InChI is InChI=1S/C29H37.C14H9F3.C5H5.2ClH.Zr/c1-21-14-13-15-22-20-27(6)25(4)18-10-9-16-23(25,2)24(3)17-11-12-19-26(24,5)29(27,8)28(21,22)7;15-14(16,17)13-8-4-7-12(10-13)9-11-5-2-1-3-6-11;1-2-4-5-3-1;;;/h9-20,22H,1-8H3;1-8,10H;1-3H,4H2;2*1H;/q-1;;-1;;;+2/p-2. The monoisotopic (exact) mass is 844 g/mol. The van der Waals surface area contributed by atoms with Gasteiger partial charge in [0.2, 0.25) is 0 Å². The van der Waals surface area contributed by atoms with Crippen molar-refractivity contribution in [2.75, 3.05) is 0 Å². The number of fused-ring (bicyclic) bond motifs is 8. The van der Waals surface area contributed by atoms with Gasteiger partial charge in [-0.15, -0.1) is 23.8 Å². The molecule has 0 saturated heterocycles. The van der Waals surface area contributed by atoms with Crippen LogP contribution in [0.2, 0.25) is 0 Å². The molecule has 2 fully saturated rings. The molecule has 0 bridgehead atoms. The molecule has 8 unspecified atom stereocenters. The van der Waals surface area contributed by atoms with E-state index in [1.807, 2.05) is 42.5 Å². The van der Waals surface area contributed by atoms with Gasteiger partial charge in [-0.1, -0.05) is 115 Å². The predicted octanol–water partition coefficient (Wildman–Crippen LogP) is 6.78. The van der Waals surface area contributed by atoms with Gasteiger partial charge >= 0.3 is 118 Å². The van der Waals surface area contributed by atoms with Crippen LogP contribution in [0.5, 0.6) is 0 Å². The molecular weight excluding hydrogens is 796 g/mol. The summed E-state index contributed by atoms with van der Waals surface area (Å²) in [6, 6.07) is 14.9. The molecule has 0 heterocycles. The van der Waals surface area contributed by atoms with Crippen LogP contribution < -0.4 is 24.8 Å². The van der Waals surface area contributed by atoms with Crippen LogP contribution in [0.3, 0.4) is 0 Å². The van der Waals surface area contributed by atoms with Gasteiger partial charge in [0.05, 0.1) is 0 Å². The number of allylic oxidation sites excluding steroid dienone is 16. The smallest absolute Gasteiger partial charge is 0.109 e. The van der Waals surface area contributed by atoms with E-state index < -0.39 is 11.7 Å². The Morgan fingerprint density at radius 1 is 0.722 bits per heavy atom. The fourth-order valence-corrected chi connectivity index (χ4v) is 12.0. The average molecular weight is 847 g/mol. The first-order valence-electron chi connectivity index (χ1n) is 18.4. The molecule has 8 atom stereocenters. The number of hydrogen-bond acceptors (Lipinski definition) is 0. The van der Waals surface area contributed by atoms with Crippen LogP contribution in [-0.2, 0) is 30.4 Å². The van der Waals surface area contributed by atoms with Crippen LogP contribution >= 0.6 is 0 Å². The molecule has 54 heavy (non-hydrogen) atoms. The van der Waals surface area contributed by atoms with Crippen LogP contribution in [-0.4, -0.2) is 3.21 Å². The Balaban J connectivity index is 0.000000222. The van der Waals surface area contributed by atoms with E-state index >= 15 is 0 Å². The summed E-state index contributed by atoms with van der Waals surface area (Å²) in [6.07, 6.45) is 35.0. The first kappa shape index (κ1) is 44.2. The summed E-state index contributed by atoms with van der Waals surface area (Å²) in [6.45, 7) is 20.3. The van der Waals surface area contributed by atoms with E-state index in [1.54, 1.807) is 6.07 Å². The van der Waals surface area contributed by atoms with Crippen molar-refractivity contribution >= 4 is 3.21 Å². The minimum Gasteiger partial charge on any atom is -1.00 e. The van der Waals surface area contributed by atoms with Crippen molar-refractivity contribution in [2.24, 2.45) is 43.8 Å². The second-order valence-electron chi connectivity index (χ2n) is 16.5. The van der Waals surface area contributed by atoms with E-state index in [0.29, 0.717) is 11.5 Å². The Labute approximate surface area is 349 Å². The van der Waals surface area contributed by atoms with E-state index in [0.717, 1.165) is 45.5 Å². The van der Waals surface area contributed by atoms with Crippen LogP contribution in [0.1, 0.15) is 78.5 Å². The summed E-state index contributed by atoms with van der Waals surface area (Å²) in [5.74, 6) is 0.460. The Morgan fingerprint density at radius 3 is 1.81 bits per heavy atom. The van der Waals surface area contributed by atoms with Crippen LogP contribution in [0, 0.1) is 56.3 Å². The van der Waals surface area contributed by atoms with Crippen molar-refractivity contribution in [3.8, 4) is 0 Å². The molecule has 0 amide bonds. The minimum absolute atomic E-state index is 0. The summed E-state index contributed by atoms with van der Waals surface area (Å²) in [7, 11) is 0. The van der Waals surface area contributed by atoms with Gasteiger partial charge in [0, 0.05) is 10.8 Å². The van der Waals surface area contributed by atoms with Gasteiger partial charge in [-0.2, -0.15) is 6.08 Å². The van der Waals surface area contributed by atoms with Crippen molar-refractivity contribution in [2.45, 2.75) is 68.0 Å². The number of hydrogen-bond donors (Lipinski definition) is 0. The Hall–Kier alpha value is -2.52. The van der Waals surface area contributed by atoms with E-state index in [1.165, 1.54) is 17.7 Å². The van der Waals surface area contributed by atoms with E-state index in [-0.39, 0.29) is 62.7 Å². The van der Waals surface area contributed by atoms with Crippen molar-refractivity contribution in [3.63, 3.8) is 0 Å². The second kappa shape index (κ2) is 15.4. The first-order valence-corrected chi connectivity index (χ1v) is 19.6. The van der Waals surface area contributed by atoms with Crippen LogP contribution in [0.15, 0.2) is 145 Å². The third-order valence-electron chi connectivity index (χ3n) is 15.2. The molecule has 8 rings (SSSR count). The molecule has 6 aliphatic rings. The normalized spacial score (nSPS) is 37.1. The van der Waals surface area contributed by atoms with E-state index in [9.17, 15) is 13.2 Å². The summed E-state index contributed by atoms with van der Waals surface area (Å²) in [5, 5.41) is 0. The molecule has 0 aliphatic heterocycles. The zero-order valence-electron chi connectivity index (χ0n) is 32.5. The number of alkyl halides is 3. The Kier molecular flexibility index (Phi) is 12.6. The molecule has 0 radical (unpaired) electrons. The molecule has 0 nitrogen and oxygen atoms in total. The van der Waals surface area contributed by atoms with Crippen molar-refractivity contribution in [1.29, 1.82) is 0 Å². The Morgan fingerprint density at radius 2 is 1.28 bits per heavy atom. The van der Waals surface area contributed by atoms with Crippen molar-refractivity contribution in [1.82, 2.24) is 0 Å². The van der Waals surface area contributed by atoms with Crippen molar-refractivity contribution < 1.29 is 62.2 Å². The Bertz CT molecular complexity index is 1970. The first-order chi connectivity index (χ1) is 24.4. The average Bonchev–Trinajstić information content (AvgIpc) is 3.78. The maximum Gasteiger partial charge on any atom is -0.109 e. The summed E-state index contributed by atoms with van der Waals surface area (Å²) in [4.78, 5) is 0. The van der Waals surface area contributed by atoms with Crippen LogP contribution in [0.25, 0.3) is 0 Å². The summed E-state index contributed by atoms with van der Waals surface area (Å²) >= 11 is 1.09. The third kappa shape index (κ3) is 6.07. The SMILES string of the molecule is CC1=CC=CC2[CH-]C3(C)C4(C)C=CC=CC4(C)C4(C)C=CC=CC4(C)C3(C)C12C.FC(F)(F)c1cccc([C](=[Zr+2])c2ccccc2)c1.[C-]1=CC=CC1.[Cl-].[Cl-]. The molecule has 6 heteroatoms. The minimum atomic E-state index is -4.29. The molecule has 284 valence electrons. The summed E-state index contributed by atoms with van der Waals surface area (Å²) in [5.41, 5.74) is 2.73. The molecule has 0 aromatic heterocycles. The fourth-order valence-electron chi connectivity index (χ4n) is 11.2. The van der Waals surface area contributed by atoms with Gasteiger partial charge in [-0.05, 0) is 28.6 Å². The zero-order valence-corrected chi connectivity index (χ0v) is 36.5. The largest absolute Gasteiger partial charge is 1.00 e. The van der Waals surface area contributed by atoms with Gasteiger partial charge in [-0.25, -0.2) is 12.2 Å². The van der Waals surface area contributed by atoms with Gasteiger partial charge in [0.25, 0.3) is 0 Å². The molecule has 2 saturated carbocycles. The number of rotatable bonds is 2. The second-order valence-corrected chi connectivity index (χ2v) is 17.8. The predicted molar refractivity (Wildman–Crippen MR) is 207 cm³/mol. The fraction of sp³-hybridized carbons (Fsp3) is 0.375. The van der Waals surface area contributed by atoms with Crippen LogP contribution in [0.4, 0.5) is 13.2 Å². The quantitative estimate of drug-likeness (QED) is 0.293. The number of benzene rings is 2. The number of halogens is 5. The van der Waals surface area contributed by atoms with Gasteiger partial charge in [0.15, 0.2) is 0 Å². The molecule has 0 spiro atoms. The molecule has 6 aliphatic carbocycles.